The predicted molar refractivity (Wildman–Crippen MR) is 85.5 cm³/mol. The van der Waals surface area contributed by atoms with Crippen LogP contribution in [0.1, 0.15) is 30.3 Å². The van der Waals surface area contributed by atoms with Crippen molar-refractivity contribution in [3.63, 3.8) is 0 Å². The lowest BCUT2D eigenvalue weighted by Crippen LogP contribution is -2.30. The van der Waals surface area contributed by atoms with Gasteiger partial charge < -0.3 is 5.32 Å². The molecule has 0 radical (unpaired) electrons. The van der Waals surface area contributed by atoms with Crippen molar-refractivity contribution in [1.29, 1.82) is 0 Å². The van der Waals surface area contributed by atoms with Gasteiger partial charge in [0.15, 0.2) is 5.82 Å². The molecule has 0 amide bonds. The molecular formula is C17H18N4O. The van der Waals surface area contributed by atoms with Crippen LogP contribution in [0, 0.1) is 6.92 Å². The second kappa shape index (κ2) is 5.10. The van der Waals surface area contributed by atoms with Gasteiger partial charge in [-0.2, -0.15) is 5.10 Å². The van der Waals surface area contributed by atoms with E-state index in [4.69, 9.17) is 5.10 Å². The van der Waals surface area contributed by atoms with Gasteiger partial charge in [0.1, 0.15) is 5.52 Å². The quantitative estimate of drug-likeness (QED) is 0.788. The van der Waals surface area contributed by atoms with E-state index in [0.717, 1.165) is 36.5 Å². The van der Waals surface area contributed by atoms with Gasteiger partial charge in [0, 0.05) is 6.20 Å². The van der Waals surface area contributed by atoms with Crippen molar-refractivity contribution in [2.24, 2.45) is 0 Å². The largest absolute Gasteiger partial charge is 0.307 e. The summed E-state index contributed by atoms with van der Waals surface area (Å²) >= 11 is 0. The fraction of sp³-hybridized carbons (Fsp3) is 0.294. The van der Waals surface area contributed by atoms with Crippen LogP contribution < -0.4 is 10.9 Å². The van der Waals surface area contributed by atoms with Crippen LogP contribution in [0.2, 0.25) is 0 Å². The maximum Gasteiger partial charge on any atom is 0.282 e. The second-order valence-corrected chi connectivity index (χ2v) is 5.83. The van der Waals surface area contributed by atoms with Crippen LogP contribution in [0.15, 0.2) is 47.4 Å². The fourth-order valence-electron chi connectivity index (χ4n) is 3.15. The molecule has 1 aliphatic heterocycles. The highest BCUT2D eigenvalue weighted by atomic mass is 16.1. The average molecular weight is 294 g/mol. The summed E-state index contributed by atoms with van der Waals surface area (Å²) in [6, 6.07) is 11.8. The van der Waals surface area contributed by atoms with Gasteiger partial charge in [-0.05, 0) is 50.1 Å². The third-order valence-electron chi connectivity index (χ3n) is 4.19. The number of hydrogen-bond acceptors (Lipinski definition) is 3. The molecule has 4 rings (SSSR count). The van der Waals surface area contributed by atoms with Crippen molar-refractivity contribution in [2.45, 2.75) is 25.8 Å². The van der Waals surface area contributed by atoms with Gasteiger partial charge in [-0.3, -0.25) is 9.36 Å². The van der Waals surface area contributed by atoms with E-state index in [1.807, 2.05) is 49.5 Å². The Morgan fingerprint density at radius 2 is 2.09 bits per heavy atom. The molecule has 1 fully saturated rings. The number of nitrogens with zero attached hydrogens (tertiary/aromatic N) is 3. The summed E-state index contributed by atoms with van der Waals surface area (Å²) in [6.07, 6.45) is 4.02. The Hall–Kier alpha value is -2.40. The number of rotatable bonds is 2. The number of aryl methyl sites for hydroxylation is 1. The van der Waals surface area contributed by atoms with E-state index in [2.05, 4.69) is 5.32 Å². The van der Waals surface area contributed by atoms with E-state index in [-0.39, 0.29) is 11.6 Å². The minimum absolute atomic E-state index is 0.0157. The number of benzene rings is 1. The van der Waals surface area contributed by atoms with Crippen LogP contribution in [-0.2, 0) is 0 Å². The van der Waals surface area contributed by atoms with Gasteiger partial charge >= 0.3 is 0 Å². The monoisotopic (exact) mass is 294 g/mol. The Balaban J connectivity index is 2.04. The molecule has 1 unspecified atom stereocenters. The molecule has 1 saturated heterocycles. The minimum Gasteiger partial charge on any atom is -0.307 e. The van der Waals surface area contributed by atoms with Gasteiger partial charge in [0.2, 0.25) is 0 Å². The molecule has 1 N–H and O–H groups in total. The topological polar surface area (TPSA) is 51.3 Å². The maximum absolute atomic E-state index is 13.0. The van der Waals surface area contributed by atoms with Crippen molar-refractivity contribution < 1.29 is 0 Å². The molecule has 0 saturated carbocycles. The minimum atomic E-state index is -0.0157. The van der Waals surface area contributed by atoms with Crippen LogP contribution in [0.4, 0.5) is 0 Å². The normalized spacial score (nSPS) is 18.1. The number of hydrogen-bond donors (Lipinski definition) is 1. The summed E-state index contributed by atoms with van der Waals surface area (Å²) in [5.41, 5.74) is 2.51. The van der Waals surface area contributed by atoms with E-state index in [9.17, 15) is 4.79 Å². The van der Waals surface area contributed by atoms with Gasteiger partial charge in [-0.1, -0.05) is 18.2 Å². The molecule has 22 heavy (non-hydrogen) atoms. The van der Waals surface area contributed by atoms with Gasteiger partial charge in [-0.15, -0.1) is 0 Å². The lowest BCUT2D eigenvalue weighted by atomic mass is 10.2. The lowest BCUT2D eigenvalue weighted by molar-refractivity contribution is 0.559. The number of nitrogens with one attached hydrogen (secondary N) is 1. The molecule has 3 aromatic rings. The molecule has 5 heteroatoms. The predicted octanol–water partition coefficient (Wildman–Crippen LogP) is 2.22. The van der Waals surface area contributed by atoms with Crippen LogP contribution >= 0.6 is 0 Å². The zero-order valence-electron chi connectivity index (χ0n) is 12.5. The van der Waals surface area contributed by atoms with Crippen LogP contribution in [0.3, 0.4) is 0 Å². The Bertz CT molecular complexity index is 873. The summed E-state index contributed by atoms with van der Waals surface area (Å²) in [6.45, 7) is 2.95. The second-order valence-electron chi connectivity index (χ2n) is 5.83. The summed E-state index contributed by atoms with van der Waals surface area (Å²) in [5.74, 6) is 0.789. The summed E-state index contributed by atoms with van der Waals surface area (Å²) in [4.78, 5) is 13.0. The average Bonchev–Trinajstić information content (AvgIpc) is 3.17. The Morgan fingerprint density at radius 3 is 2.82 bits per heavy atom. The molecule has 1 aliphatic rings. The maximum atomic E-state index is 13.0. The van der Waals surface area contributed by atoms with E-state index in [0.29, 0.717) is 5.52 Å². The first-order valence-corrected chi connectivity index (χ1v) is 7.65. The van der Waals surface area contributed by atoms with Crippen molar-refractivity contribution in [1.82, 2.24) is 19.5 Å². The first-order valence-electron chi connectivity index (χ1n) is 7.65. The van der Waals surface area contributed by atoms with Crippen molar-refractivity contribution in [2.75, 3.05) is 6.54 Å². The van der Waals surface area contributed by atoms with Crippen molar-refractivity contribution in [3.05, 3.63) is 64.3 Å². The molecule has 0 spiro atoms. The Labute approximate surface area is 128 Å². The zero-order valence-corrected chi connectivity index (χ0v) is 12.5. The first kappa shape index (κ1) is 13.3. The number of para-hydroxylation sites is 1. The van der Waals surface area contributed by atoms with Gasteiger partial charge in [-0.25, -0.2) is 4.52 Å². The highest BCUT2D eigenvalue weighted by Gasteiger charge is 2.24. The molecule has 1 aromatic carbocycles. The third kappa shape index (κ3) is 2.05. The zero-order chi connectivity index (χ0) is 15.1. The molecular weight excluding hydrogens is 276 g/mol. The van der Waals surface area contributed by atoms with E-state index in [1.54, 1.807) is 9.08 Å². The van der Waals surface area contributed by atoms with Crippen molar-refractivity contribution >= 4 is 5.52 Å². The van der Waals surface area contributed by atoms with Crippen molar-refractivity contribution in [3.8, 4) is 5.69 Å². The first-order chi connectivity index (χ1) is 10.7. The Kier molecular flexibility index (Phi) is 3.08. The summed E-state index contributed by atoms with van der Waals surface area (Å²) < 4.78 is 3.46. The number of fused-ring (bicyclic) bond motifs is 1. The van der Waals surface area contributed by atoms with Gasteiger partial charge in [0.05, 0.1) is 11.7 Å². The van der Waals surface area contributed by atoms with E-state index in [1.165, 1.54) is 0 Å². The fourth-order valence-corrected chi connectivity index (χ4v) is 3.15. The van der Waals surface area contributed by atoms with E-state index >= 15 is 0 Å². The summed E-state index contributed by atoms with van der Waals surface area (Å²) in [7, 11) is 0. The molecule has 0 aliphatic carbocycles. The van der Waals surface area contributed by atoms with Crippen LogP contribution in [0.25, 0.3) is 11.2 Å². The smallest absolute Gasteiger partial charge is 0.282 e. The molecule has 0 bridgehead atoms. The standard InChI is InChI=1S/C17H18N4O/c1-12-10-15-17(22)21(13-6-3-2-4-7-13)16(19-20(15)11-12)14-8-5-9-18-14/h2-4,6-7,10-11,14,18H,5,8-9H2,1H3. The molecule has 112 valence electrons. The van der Waals surface area contributed by atoms with Crippen LogP contribution in [-0.4, -0.2) is 20.7 Å². The van der Waals surface area contributed by atoms with Gasteiger partial charge in [0.25, 0.3) is 5.56 Å². The SMILES string of the molecule is Cc1cc2c(=O)n(-c3ccccc3)c(C3CCCN3)nn2c1. The van der Waals surface area contributed by atoms with Crippen LogP contribution in [0.5, 0.6) is 0 Å². The molecule has 2 aromatic heterocycles. The van der Waals surface area contributed by atoms with E-state index < -0.39 is 0 Å². The molecule has 5 nitrogen and oxygen atoms in total. The summed E-state index contributed by atoms with van der Waals surface area (Å²) in [5, 5.41) is 8.18. The lowest BCUT2D eigenvalue weighted by Gasteiger charge is -2.17. The third-order valence-corrected chi connectivity index (χ3v) is 4.19. The number of aromatic nitrogens is 3. The highest BCUT2D eigenvalue weighted by Crippen LogP contribution is 2.23. The molecule has 1 atom stereocenters. The highest BCUT2D eigenvalue weighted by molar-refractivity contribution is 5.49. The Morgan fingerprint density at radius 1 is 1.27 bits per heavy atom. The molecule has 3 heterocycles.